The maximum Gasteiger partial charge on any atom is 0.127 e. The van der Waals surface area contributed by atoms with Crippen molar-refractivity contribution in [3.05, 3.63) is 83.9 Å². The number of nitrogens with zero attached hydrogens (tertiary/aromatic N) is 1. The molecule has 0 saturated carbocycles. The summed E-state index contributed by atoms with van der Waals surface area (Å²) in [7, 11) is 2.07. The fourth-order valence-electron chi connectivity index (χ4n) is 2.40. The summed E-state index contributed by atoms with van der Waals surface area (Å²) in [5.41, 5.74) is 4.80. The summed E-state index contributed by atoms with van der Waals surface area (Å²) in [5, 5.41) is 0. The third-order valence-electron chi connectivity index (χ3n) is 3.90. The van der Waals surface area contributed by atoms with Gasteiger partial charge in [-0.25, -0.2) is 0 Å². The van der Waals surface area contributed by atoms with Gasteiger partial charge in [0.25, 0.3) is 0 Å². The number of hydrogen-bond acceptors (Lipinski definition) is 2. The average molecular weight is 303 g/mol. The topological polar surface area (TPSA) is 12.5 Å². The number of aryl methyl sites for hydroxylation is 2. The molecular weight excluding hydrogens is 282 g/mol. The van der Waals surface area contributed by atoms with Gasteiger partial charge in [-0.05, 0) is 62.4 Å². The lowest BCUT2D eigenvalue weighted by Crippen LogP contribution is -2.08. The number of hydrogen-bond donors (Lipinski definition) is 0. The summed E-state index contributed by atoms with van der Waals surface area (Å²) < 4.78 is 5.87. The van der Waals surface area contributed by atoms with Crippen molar-refractivity contribution < 1.29 is 4.74 Å². The van der Waals surface area contributed by atoms with E-state index < -0.39 is 0 Å². The van der Waals surface area contributed by atoms with E-state index in [2.05, 4.69) is 74.3 Å². The van der Waals surface area contributed by atoms with Gasteiger partial charge in [0.1, 0.15) is 11.5 Å². The minimum atomic E-state index is 0.843. The Morgan fingerprint density at radius 3 is 1.39 bits per heavy atom. The van der Waals surface area contributed by atoms with Gasteiger partial charge in [-0.1, -0.05) is 35.4 Å². The van der Waals surface area contributed by atoms with Crippen LogP contribution < -0.4 is 9.64 Å². The van der Waals surface area contributed by atoms with Crippen LogP contribution in [0.3, 0.4) is 0 Å². The molecule has 116 valence electrons. The van der Waals surface area contributed by atoms with E-state index in [-0.39, 0.29) is 0 Å². The summed E-state index contributed by atoms with van der Waals surface area (Å²) in [5.74, 6) is 1.70. The van der Waals surface area contributed by atoms with Crippen LogP contribution in [0.2, 0.25) is 0 Å². The van der Waals surface area contributed by atoms with E-state index in [9.17, 15) is 0 Å². The Morgan fingerprint density at radius 1 is 0.565 bits per heavy atom. The molecule has 0 spiro atoms. The fourth-order valence-corrected chi connectivity index (χ4v) is 2.40. The second-order valence-electron chi connectivity index (χ2n) is 5.80. The Hall–Kier alpha value is -2.74. The van der Waals surface area contributed by atoms with Crippen LogP contribution >= 0.6 is 0 Å². The molecular formula is C21H21NO. The highest BCUT2D eigenvalue weighted by Crippen LogP contribution is 2.28. The zero-order valence-corrected chi connectivity index (χ0v) is 13.8. The van der Waals surface area contributed by atoms with E-state index in [4.69, 9.17) is 4.74 Å². The van der Waals surface area contributed by atoms with Crippen molar-refractivity contribution >= 4 is 11.4 Å². The summed E-state index contributed by atoms with van der Waals surface area (Å²) in [6, 6.07) is 24.7. The largest absolute Gasteiger partial charge is 0.457 e. The molecule has 0 radical (unpaired) electrons. The maximum absolute atomic E-state index is 5.87. The first-order valence-corrected chi connectivity index (χ1v) is 7.77. The van der Waals surface area contributed by atoms with Gasteiger partial charge in [-0.15, -0.1) is 0 Å². The predicted molar refractivity (Wildman–Crippen MR) is 96.9 cm³/mol. The molecule has 0 aliphatic rings. The van der Waals surface area contributed by atoms with Crippen LogP contribution in [-0.4, -0.2) is 7.05 Å². The van der Waals surface area contributed by atoms with Crippen molar-refractivity contribution in [2.75, 3.05) is 11.9 Å². The van der Waals surface area contributed by atoms with Gasteiger partial charge in [0.05, 0.1) is 0 Å². The molecule has 0 bridgehead atoms. The van der Waals surface area contributed by atoms with E-state index >= 15 is 0 Å². The van der Waals surface area contributed by atoms with Crippen molar-refractivity contribution in [2.45, 2.75) is 13.8 Å². The van der Waals surface area contributed by atoms with Crippen molar-refractivity contribution in [2.24, 2.45) is 0 Å². The molecule has 2 nitrogen and oxygen atoms in total. The molecule has 0 fully saturated rings. The third kappa shape index (κ3) is 3.72. The Bertz CT molecular complexity index is 758. The number of rotatable bonds is 4. The predicted octanol–water partition coefficient (Wildman–Crippen LogP) is 5.86. The molecule has 0 amide bonds. The summed E-state index contributed by atoms with van der Waals surface area (Å²) >= 11 is 0. The molecule has 3 rings (SSSR count). The highest BCUT2D eigenvalue weighted by Gasteiger charge is 2.04. The first-order chi connectivity index (χ1) is 11.1. The molecule has 2 heteroatoms. The highest BCUT2D eigenvalue weighted by atomic mass is 16.5. The monoisotopic (exact) mass is 303 g/mol. The van der Waals surface area contributed by atoms with Gasteiger partial charge in [0, 0.05) is 18.4 Å². The first kappa shape index (κ1) is 15.2. The molecule has 0 N–H and O–H groups in total. The zero-order chi connectivity index (χ0) is 16.2. The molecule has 0 aliphatic heterocycles. The number of ether oxygens (including phenoxy) is 1. The van der Waals surface area contributed by atoms with E-state index in [0.29, 0.717) is 0 Å². The van der Waals surface area contributed by atoms with Crippen LogP contribution in [-0.2, 0) is 0 Å². The summed E-state index contributed by atoms with van der Waals surface area (Å²) in [4.78, 5) is 2.16. The van der Waals surface area contributed by atoms with E-state index in [1.54, 1.807) is 0 Å². The lowest BCUT2D eigenvalue weighted by atomic mass is 10.2. The smallest absolute Gasteiger partial charge is 0.127 e. The number of benzene rings is 3. The first-order valence-electron chi connectivity index (χ1n) is 7.77. The molecule has 0 heterocycles. The lowest BCUT2D eigenvalue weighted by molar-refractivity contribution is 0.482. The van der Waals surface area contributed by atoms with E-state index in [0.717, 1.165) is 17.2 Å². The Kier molecular flexibility index (Phi) is 4.33. The van der Waals surface area contributed by atoms with Gasteiger partial charge in [-0.3, -0.25) is 0 Å². The van der Waals surface area contributed by atoms with Gasteiger partial charge in [0.15, 0.2) is 0 Å². The van der Waals surface area contributed by atoms with Crippen molar-refractivity contribution in [1.29, 1.82) is 0 Å². The second kappa shape index (κ2) is 6.57. The fraction of sp³-hybridized carbons (Fsp3) is 0.143. The van der Waals surface area contributed by atoms with Gasteiger partial charge in [0.2, 0.25) is 0 Å². The van der Waals surface area contributed by atoms with Crippen LogP contribution in [0.1, 0.15) is 11.1 Å². The standard InChI is InChI=1S/C21H21NO/c1-16-4-8-18(9-5-16)22(3)19-10-14-21(15-11-19)23-20-12-6-17(2)7-13-20/h4-15H,1-3H3. The van der Waals surface area contributed by atoms with Crippen LogP contribution in [0, 0.1) is 13.8 Å². The number of anilines is 2. The SMILES string of the molecule is Cc1ccc(Oc2ccc(N(C)c3ccc(C)cc3)cc2)cc1. The van der Waals surface area contributed by atoms with Gasteiger partial charge < -0.3 is 9.64 Å². The minimum Gasteiger partial charge on any atom is -0.457 e. The summed E-state index contributed by atoms with van der Waals surface area (Å²) in [6.07, 6.45) is 0. The minimum absolute atomic E-state index is 0.843. The molecule has 0 aliphatic carbocycles. The quantitative estimate of drug-likeness (QED) is 0.598. The van der Waals surface area contributed by atoms with E-state index in [1.807, 2.05) is 24.3 Å². The van der Waals surface area contributed by atoms with Crippen LogP contribution in [0.15, 0.2) is 72.8 Å². The van der Waals surface area contributed by atoms with Crippen LogP contribution in [0.4, 0.5) is 11.4 Å². The molecule has 0 aromatic heterocycles. The molecule has 0 atom stereocenters. The zero-order valence-electron chi connectivity index (χ0n) is 13.8. The second-order valence-corrected chi connectivity index (χ2v) is 5.80. The summed E-state index contributed by atoms with van der Waals surface area (Å²) in [6.45, 7) is 4.17. The Labute approximate surface area is 138 Å². The van der Waals surface area contributed by atoms with Crippen molar-refractivity contribution in [3.63, 3.8) is 0 Å². The van der Waals surface area contributed by atoms with Gasteiger partial charge >= 0.3 is 0 Å². The van der Waals surface area contributed by atoms with Crippen molar-refractivity contribution in [3.8, 4) is 11.5 Å². The third-order valence-corrected chi connectivity index (χ3v) is 3.90. The Morgan fingerprint density at radius 2 is 0.913 bits per heavy atom. The molecule has 3 aromatic carbocycles. The maximum atomic E-state index is 5.87. The van der Waals surface area contributed by atoms with Crippen molar-refractivity contribution in [1.82, 2.24) is 0 Å². The molecule has 0 saturated heterocycles. The van der Waals surface area contributed by atoms with Crippen LogP contribution in [0.25, 0.3) is 0 Å². The Balaban J connectivity index is 1.73. The highest BCUT2D eigenvalue weighted by molar-refractivity contribution is 5.63. The molecule has 0 unspecified atom stereocenters. The average Bonchev–Trinajstić information content (AvgIpc) is 2.58. The van der Waals surface area contributed by atoms with E-state index in [1.165, 1.54) is 16.8 Å². The molecule has 23 heavy (non-hydrogen) atoms. The molecule has 3 aromatic rings. The normalized spacial score (nSPS) is 10.4. The van der Waals surface area contributed by atoms with Gasteiger partial charge in [-0.2, -0.15) is 0 Å². The lowest BCUT2D eigenvalue weighted by Gasteiger charge is -2.20. The van der Waals surface area contributed by atoms with Crippen LogP contribution in [0.5, 0.6) is 11.5 Å².